The van der Waals surface area contributed by atoms with Gasteiger partial charge in [-0.2, -0.15) is 0 Å². The third-order valence-electron chi connectivity index (χ3n) is 6.79. The molecule has 0 aromatic carbocycles. The molecule has 2 nitrogen and oxygen atoms in total. The van der Waals surface area contributed by atoms with Crippen molar-refractivity contribution in [3.05, 3.63) is 11.1 Å². The lowest BCUT2D eigenvalue weighted by Crippen LogP contribution is -2.52. The highest BCUT2D eigenvalue weighted by atomic mass is 16.5. The zero-order valence-corrected chi connectivity index (χ0v) is 14.1. The summed E-state index contributed by atoms with van der Waals surface area (Å²) in [6, 6.07) is 0. The molecule has 0 aromatic rings. The van der Waals surface area contributed by atoms with Crippen molar-refractivity contribution in [3.8, 4) is 0 Å². The first-order valence-corrected chi connectivity index (χ1v) is 8.64. The van der Waals surface area contributed by atoms with Gasteiger partial charge in [0.25, 0.3) is 6.47 Å². The van der Waals surface area contributed by atoms with Crippen LogP contribution < -0.4 is 0 Å². The van der Waals surface area contributed by atoms with Gasteiger partial charge in [-0.25, -0.2) is 0 Å². The maximum Gasteiger partial charge on any atom is 0.293 e. The maximum absolute atomic E-state index is 11.0. The minimum atomic E-state index is -0.250. The normalized spacial score (nSPS) is 42.0. The Morgan fingerprint density at radius 2 is 1.86 bits per heavy atom. The van der Waals surface area contributed by atoms with Crippen molar-refractivity contribution >= 4 is 6.47 Å². The molecule has 0 N–H and O–H groups in total. The third-order valence-corrected chi connectivity index (χ3v) is 6.79. The summed E-state index contributed by atoms with van der Waals surface area (Å²) >= 11 is 0. The van der Waals surface area contributed by atoms with Gasteiger partial charge < -0.3 is 4.74 Å². The van der Waals surface area contributed by atoms with Gasteiger partial charge in [0.15, 0.2) is 0 Å². The number of fused-ring (bicyclic) bond motifs is 2. The number of hydrogen-bond donors (Lipinski definition) is 0. The quantitative estimate of drug-likeness (QED) is 0.527. The van der Waals surface area contributed by atoms with E-state index in [1.54, 1.807) is 11.1 Å². The van der Waals surface area contributed by atoms with Gasteiger partial charge in [0.05, 0.1) is 0 Å². The number of ether oxygens (including phenoxy) is 1. The molecule has 0 spiro atoms. The van der Waals surface area contributed by atoms with Crippen LogP contribution in [0.5, 0.6) is 0 Å². The van der Waals surface area contributed by atoms with E-state index >= 15 is 0 Å². The smallest absolute Gasteiger partial charge is 0.293 e. The predicted molar refractivity (Wildman–Crippen MR) is 84.9 cm³/mol. The first kappa shape index (κ1) is 15.1. The molecule has 2 heteroatoms. The predicted octanol–water partition coefficient (Wildman–Crippen LogP) is 5.03. The van der Waals surface area contributed by atoms with Crippen molar-refractivity contribution in [1.82, 2.24) is 0 Å². The van der Waals surface area contributed by atoms with E-state index in [9.17, 15) is 4.79 Å². The van der Waals surface area contributed by atoms with Crippen molar-refractivity contribution in [2.75, 3.05) is 0 Å². The van der Waals surface area contributed by atoms with E-state index in [0.717, 1.165) is 6.42 Å². The van der Waals surface area contributed by atoms with Crippen LogP contribution in [0.4, 0.5) is 0 Å². The molecule has 3 atom stereocenters. The van der Waals surface area contributed by atoms with Gasteiger partial charge in [-0.05, 0) is 69.1 Å². The van der Waals surface area contributed by atoms with Crippen molar-refractivity contribution in [3.63, 3.8) is 0 Å². The standard InChI is InChI=1S/C19H30O2/c1-17(2)11-8-15-14(12-17)6-7-16-18(15,3)9-5-10-19(16,4)21-13-20/h13,16H,5-12H2,1-4H3. The van der Waals surface area contributed by atoms with Crippen molar-refractivity contribution in [2.24, 2.45) is 16.7 Å². The van der Waals surface area contributed by atoms with Crippen LogP contribution in [0.25, 0.3) is 0 Å². The maximum atomic E-state index is 11.0. The van der Waals surface area contributed by atoms with Crippen LogP contribution in [0.3, 0.4) is 0 Å². The summed E-state index contributed by atoms with van der Waals surface area (Å²) in [5.74, 6) is 0.504. The van der Waals surface area contributed by atoms with Crippen molar-refractivity contribution < 1.29 is 9.53 Å². The van der Waals surface area contributed by atoms with Crippen LogP contribution in [0.2, 0.25) is 0 Å². The Kier molecular flexibility index (Phi) is 3.50. The number of hydrogen-bond acceptors (Lipinski definition) is 2. The average molecular weight is 290 g/mol. The largest absolute Gasteiger partial charge is 0.461 e. The summed E-state index contributed by atoms with van der Waals surface area (Å²) in [6.45, 7) is 10.1. The molecule has 3 aliphatic rings. The van der Waals surface area contributed by atoms with E-state index in [0.29, 0.717) is 17.8 Å². The lowest BCUT2D eigenvalue weighted by molar-refractivity contribution is -0.162. The number of carbonyl (C=O) groups excluding carboxylic acids is 1. The zero-order valence-electron chi connectivity index (χ0n) is 14.1. The second kappa shape index (κ2) is 4.86. The van der Waals surface area contributed by atoms with Crippen LogP contribution in [0.15, 0.2) is 11.1 Å². The third kappa shape index (κ3) is 2.35. The summed E-state index contributed by atoms with van der Waals surface area (Å²) in [5, 5.41) is 0. The molecule has 0 bridgehead atoms. The number of allylic oxidation sites excluding steroid dienone is 2. The Balaban J connectivity index is 1.97. The highest BCUT2D eigenvalue weighted by Gasteiger charge is 2.54. The molecular formula is C19H30O2. The molecule has 3 rings (SSSR count). The summed E-state index contributed by atoms with van der Waals surface area (Å²) in [5.41, 5.74) is 3.96. The molecule has 118 valence electrons. The molecule has 0 saturated heterocycles. The number of rotatable bonds is 2. The van der Waals surface area contributed by atoms with Gasteiger partial charge in [0, 0.05) is 5.92 Å². The highest BCUT2D eigenvalue weighted by Crippen LogP contribution is 2.61. The minimum Gasteiger partial charge on any atom is -0.461 e. The first-order chi connectivity index (χ1) is 9.81. The molecule has 0 radical (unpaired) electrons. The van der Waals surface area contributed by atoms with Crippen LogP contribution >= 0.6 is 0 Å². The average Bonchev–Trinajstić information content (AvgIpc) is 2.36. The van der Waals surface area contributed by atoms with Gasteiger partial charge in [0.1, 0.15) is 5.60 Å². The lowest BCUT2D eigenvalue weighted by Gasteiger charge is -2.56. The van der Waals surface area contributed by atoms with E-state index in [1.807, 2.05) is 0 Å². The van der Waals surface area contributed by atoms with Crippen LogP contribution in [0, 0.1) is 16.7 Å². The second-order valence-corrected chi connectivity index (χ2v) is 8.81. The fourth-order valence-electron chi connectivity index (χ4n) is 5.73. The Morgan fingerprint density at radius 1 is 1.10 bits per heavy atom. The van der Waals surface area contributed by atoms with Crippen LogP contribution in [0.1, 0.15) is 79.1 Å². The highest BCUT2D eigenvalue weighted by molar-refractivity contribution is 5.40. The molecule has 0 heterocycles. The fraction of sp³-hybridized carbons (Fsp3) is 0.842. The molecule has 0 aromatic heterocycles. The Morgan fingerprint density at radius 3 is 2.57 bits per heavy atom. The van der Waals surface area contributed by atoms with E-state index in [1.165, 1.54) is 44.9 Å². The van der Waals surface area contributed by atoms with Gasteiger partial charge >= 0.3 is 0 Å². The van der Waals surface area contributed by atoms with E-state index in [4.69, 9.17) is 4.74 Å². The molecular weight excluding hydrogens is 260 g/mol. The molecule has 1 fully saturated rings. The minimum absolute atomic E-state index is 0.250. The number of carbonyl (C=O) groups is 1. The Hall–Kier alpha value is -0.790. The molecule has 3 aliphatic carbocycles. The fourth-order valence-corrected chi connectivity index (χ4v) is 5.73. The SMILES string of the molecule is CC1(C)CCC2=C(CCC3C(C)(OC=O)CCCC23C)C1. The summed E-state index contributed by atoms with van der Waals surface area (Å²) in [6.07, 6.45) is 9.72. The molecule has 0 amide bonds. The van der Waals surface area contributed by atoms with Crippen molar-refractivity contribution in [2.45, 2.75) is 84.7 Å². The second-order valence-electron chi connectivity index (χ2n) is 8.81. The summed E-state index contributed by atoms with van der Waals surface area (Å²) in [7, 11) is 0. The topological polar surface area (TPSA) is 26.3 Å². The van der Waals surface area contributed by atoms with Gasteiger partial charge in [-0.3, -0.25) is 4.79 Å². The van der Waals surface area contributed by atoms with Gasteiger partial charge in [-0.1, -0.05) is 31.9 Å². The lowest BCUT2D eigenvalue weighted by atomic mass is 9.50. The molecule has 0 aliphatic heterocycles. The zero-order chi connectivity index (χ0) is 15.3. The van der Waals surface area contributed by atoms with E-state index in [2.05, 4.69) is 27.7 Å². The Bertz CT molecular complexity index is 476. The van der Waals surface area contributed by atoms with E-state index < -0.39 is 0 Å². The summed E-state index contributed by atoms with van der Waals surface area (Å²) < 4.78 is 5.62. The summed E-state index contributed by atoms with van der Waals surface area (Å²) in [4.78, 5) is 11.0. The van der Waals surface area contributed by atoms with Gasteiger partial charge in [-0.15, -0.1) is 0 Å². The monoisotopic (exact) mass is 290 g/mol. The van der Waals surface area contributed by atoms with E-state index in [-0.39, 0.29) is 11.0 Å². The molecule has 21 heavy (non-hydrogen) atoms. The first-order valence-electron chi connectivity index (χ1n) is 8.64. The molecule has 1 saturated carbocycles. The van der Waals surface area contributed by atoms with Gasteiger partial charge in [0.2, 0.25) is 0 Å². The van der Waals surface area contributed by atoms with Crippen molar-refractivity contribution in [1.29, 1.82) is 0 Å². The Labute approximate surface area is 129 Å². The van der Waals surface area contributed by atoms with Crippen LogP contribution in [-0.2, 0) is 9.53 Å². The van der Waals surface area contributed by atoms with Crippen LogP contribution in [-0.4, -0.2) is 12.1 Å². The molecule has 3 unspecified atom stereocenters.